The van der Waals surface area contributed by atoms with Crippen molar-refractivity contribution >= 4 is 21.5 Å². The zero-order valence-corrected chi connectivity index (χ0v) is 19.9. The first kappa shape index (κ1) is 22.4. The Labute approximate surface area is 215 Å². The van der Waals surface area contributed by atoms with Crippen molar-refractivity contribution in [2.24, 2.45) is 0 Å². The van der Waals surface area contributed by atoms with Gasteiger partial charge in [0.15, 0.2) is 0 Å². The first-order valence-electron chi connectivity index (χ1n) is 11.9. The monoisotopic (exact) mass is 482 g/mol. The molecule has 4 heteroatoms. The van der Waals surface area contributed by atoms with Gasteiger partial charge in [-0.3, -0.25) is 0 Å². The largest absolute Gasteiger partial charge is 0.508 e. The number of aromatic hydroxyl groups is 1. The number of hydrogen-bond acceptors (Lipinski definition) is 4. The van der Waals surface area contributed by atoms with E-state index >= 15 is 0 Å². The number of terminal acetylenes is 2. The number of phenols is 1. The average Bonchev–Trinajstić information content (AvgIpc) is 2.93. The molecule has 178 valence electrons. The highest BCUT2D eigenvalue weighted by Gasteiger charge is 2.32. The fourth-order valence-electron chi connectivity index (χ4n) is 5.09. The Kier molecular flexibility index (Phi) is 5.56. The topological polar surface area (TPSA) is 47.9 Å². The van der Waals surface area contributed by atoms with Gasteiger partial charge in [-0.15, -0.1) is 12.8 Å². The predicted molar refractivity (Wildman–Crippen MR) is 146 cm³/mol. The molecule has 4 nitrogen and oxygen atoms in total. The van der Waals surface area contributed by atoms with E-state index in [2.05, 4.69) is 24.0 Å². The Morgan fingerprint density at radius 2 is 1.19 bits per heavy atom. The van der Waals surface area contributed by atoms with Crippen LogP contribution in [0.3, 0.4) is 0 Å². The Balaban J connectivity index is 1.59. The van der Waals surface area contributed by atoms with E-state index in [0.717, 1.165) is 49.7 Å². The summed E-state index contributed by atoms with van der Waals surface area (Å²) in [5.41, 5.74) is 3.16. The van der Waals surface area contributed by atoms with E-state index in [4.69, 9.17) is 27.1 Å². The summed E-state index contributed by atoms with van der Waals surface area (Å²) in [6.07, 6.45) is 10.7. The number of benzene rings is 5. The van der Waals surface area contributed by atoms with Crippen LogP contribution in [0.2, 0.25) is 0 Å². The van der Waals surface area contributed by atoms with Crippen LogP contribution in [0.25, 0.3) is 21.5 Å². The Morgan fingerprint density at radius 1 is 0.676 bits per heavy atom. The van der Waals surface area contributed by atoms with Crippen LogP contribution in [0.1, 0.15) is 22.6 Å². The second-order valence-electron chi connectivity index (χ2n) is 8.83. The molecule has 1 heterocycles. The van der Waals surface area contributed by atoms with Gasteiger partial charge in [0.05, 0.1) is 0 Å². The van der Waals surface area contributed by atoms with Crippen LogP contribution in [0.5, 0.6) is 28.7 Å². The van der Waals surface area contributed by atoms with Gasteiger partial charge in [0, 0.05) is 17.0 Å². The van der Waals surface area contributed by atoms with Gasteiger partial charge < -0.3 is 19.3 Å². The van der Waals surface area contributed by atoms with E-state index in [0.29, 0.717) is 11.5 Å². The van der Waals surface area contributed by atoms with Crippen LogP contribution in [-0.2, 0) is 0 Å². The molecular formula is C33H22O4. The number of fused-ring (bicyclic) bond motifs is 6. The maximum atomic E-state index is 10.0. The highest BCUT2D eigenvalue weighted by molar-refractivity contribution is 5.96. The second-order valence-corrected chi connectivity index (χ2v) is 8.83. The van der Waals surface area contributed by atoms with Gasteiger partial charge in [0.2, 0.25) is 0 Å². The van der Waals surface area contributed by atoms with Crippen molar-refractivity contribution in [1.29, 1.82) is 0 Å². The third kappa shape index (κ3) is 3.96. The molecule has 1 aliphatic heterocycles. The van der Waals surface area contributed by atoms with E-state index in [1.54, 1.807) is 12.1 Å². The molecule has 0 saturated heterocycles. The second kappa shape index (κ2) is 9.19. The van der Waals surface area contributed by atoms with Crippen molar-refractivity contribution < 1.29 is 19.3 Å². The minimum absolute atomic E-state index is 0.137. The fraction of sp³-hybridized carbons (Fsp3) is 0.0909. The van der Waals surface area contributed by atoms with Crippen LogP contribution in [0.15, 0.2) is 84.9 Å². The van der Waals surface area contributed by atoms with E-state index in [1.165, 1.54) is 0 Å². The lowest BCUT2D eigenvalue weighted by molar-refractivity contribution is 0.371. The van der Waals surface area contributed by atoms with Gasteiger partial charge in [0.1, 0.15) is 42.0 Å². The number of phenolic OH excluding ortho intramolecular Hbond substituents is 1. The SMILES string of the molecule is C#CCOc1ccc2c3c(ccc2c1)Oc1ccc2cc(OCC#C)ccc2c1C3c1ccc(O)cc1. The minimum Gasteiger partial charge on any atom is -0.508 e. The molecule has 0 spiro atoms. The first-order valence-corrected chi connectivity index (χ1v) is 11.9. The molecule has 0 bridgehead atoms. The molecule has 0 unspecified atom stereocenters. The Morgan fingerprint density at radius 3 is 1.68 bits per heavy atom. The number of hydrogen-bond donors (Lipinski definition) is 1. The summed E-state index contributed by atoms with van der Waals surface area (Å²) in [7, 11) is 0. The average molecular weight is 483 g/mol. The lowest BCUT2D eigenvalue weighted by Crippen LogP contribution is -2.13. The third-order valence-electron chi connectivity index (χ3n) is 6.65. The maximum Gasteiger partial charge on any atom is 0.148 e. The minimum atomic E-state index is -0.137. The van der Waals surface area contributed by atoms with Crippen molar-refractivity contribution in [3.8, 4) is 53.4 Å². The zero-order valence-electron chi connectivity index (χ0n) is 19.9. The summed E-state index contributed by atoms with van der Waals surface area (Å²) in [6, 6.07) is 27.4. The number of ether oxygens (including phenoxy) is 3. The van der Waals surface area contributed by atoms with Crippen LogP contribution in [0.4, 0.5) is 0 Å². The fourth-order valence-corrected chi connectivity index (χ4v) is 5.09. The zero-order chi connectivity index (χ0) is 25.4. The van der Waals surface area contributed by atoms with Crippen LogP contribution in [-0.4, -0.2) is 18.3 Å². The smallest absolute Gasteiger partial charge is 0.148 e. The lowest BCUT2D eigenvalue weighted by Gasteiger charge is -2.31. The van der Waals surface area contributed by atoms with Gasteiger partial charge in [-0.1, -0.05) is 48.2 Å². The first-order chi connectivity index (χ1) is 18.2. The standard InChI is InChI=1S/C33H22O4/c1-3-17-35-25-11-13-27-22(19-25)7-15-29-32(27)31(21-5-9-24(34)10-6-21)33-28-14-12-26(36-18-4-2)20-23(28)8-16-30(33)37-29/h1-2,5-16,19-20,31,34H,17-18H2. The van der Waals surface area contributed by atoms with Gasteiger partial charge in [-0.25, -0.2) is 0 Å². The van der Waals surface area contributed by atoms with Crippen molar-refractivity contribution in [1.82, 2.24) is 0 Å². The molecule has 1 N–H and O–H groups in total. The Hall–Kier alpha value is -5.06. The third-order valence-corrected chi connectivity index (χ3v) is 6.65. The van der Waals surface area contributed by atoms with Crippen molar-refractivity contribution in [3.63, 3.8) is 0 Å². The molecule has 0 fully saturated rings. The summed E-state index contributed by atoms with van der Waals surface area (Å²) in [5, 5.41) is 14.2. The predicted octanol–water partition coefficient (Wildman–Crippen LogP) is 7.01. The molecule has 37 heavy (non-hydrogen) atoms. The lowest BCUT2D eigenvalue weighted by atomic mass is 9.78. The molecule has 0 aromatic heterocycles. The quantitative estimate of drug-likeness (QED) is 0.269. The van der Waals surface area contributed by atoms with E-state index in [9.17, 15) is 5.11 Å². The van der Waals surface area contributed by atoms with E-state index in [-0.39, 0.29) is 24.9 Å². The molecule has 0 radical (unpaired) electrons. The molecule has 1 aliphatic rings. The molecule has 0 amide bonds. The van der Waals surface area contributed by atoms with Crippen LogP contribution >= 0.6 is 0 Å². The summed E-state index contributed by atoms with van der Waals surface area (Å²) < 4.78 is 17.8. The van der Waals surface area contributed by atoms with Gasteiger partial charge in [-0.05, 0) is 75.6 Å². The maximum absolute atomic E-state index is 10.0. The molecular weight excluding hydrogens is 460 g/mol. The molecule has 6 rings (SSSR count). The molecule has 5 aromatic rings. The summed E-state index contributed by atoms with van der Waals surface area (Å²) >= 11 is 0. The highest BCUT2D eigenvalue weighted by atomic mass is 16.5. The molecule has 0 aliphatic carbocycles. The molecule has 5 aromatic carbocycles. The summed E-state index contributed by atoms with van der Waals surface area (Å²) in [6.45, 7) is 0.421. The van der Waals surface area contributed by atoms with Crippen molar-refractivity contribution in [2.45, 2.75) is 5.92 Å². The molecule has 0 saturated carbocycles. The Bertz CT molecular complexity index is 1630. The number of rotatable bonds is 5. The van der Waals surface area contributed by atoms with Gasteiger partial charge >= 0.3 is 0 Å². The van der Waals surface area contributed by atoms with Crippen molar-refractivity contribution in [3.05, 3.63) is 102 Å². The summed E-state index contributed by atoms with van der Waals surface area (Å²) in [4.78, 5) is 0. The molecule has 0 atom stereocenters. The van der Waals surface area contributed by atoms with Crippen molar-refractivity contribution in [2.75, 3.05) is 13.2 Å². The van der Waals surface area contributed by atoms with Crippen LogP contribution < -0.4 is 14.2 Å². The van der Waals surface area contributed by atoms with E-state index < -0.39 is 0 Å². The van der Waals surface area contributed by atoms with E-state index in [1.807, 2.05) is 60.7 Å². The van der Waals surface area contributed by atoms with Crippen LogP contribution in [0, 0.1) is 24.7 Å². The highest BCUT2D eigenvalue weighted by Crippen LogP contribution is 2.52. The van der Waals surface area contributed by atoms with Gasteiger partial charge in [-0.2, -0.15) is 0 Å². The normalized spacial score (nSPS) is 12.2. The van der Waals surface area contributed by atoms with Gasteiger partial charge in [0.25, 0.3) is 0 Å². The summed E-state index contributed by atoms with van der Waals surface area (Å²) in [5.74, 6) is 8.12.